The van der Waals surface area contributed by atoms with Crippen LogP contribution in [0.4, 0.5) is 0 Å². The highest BCUT2D eigenvalue weighted by molar-refractivity contribution is 6.30. The minimum Gasteiger partial charge on any atom is -0.481 e. The van der Waals surface area contributed by atoms with Gasteiger partial charge < -0.3 is 4.74 Å². The third kappa shape index (κ3) is 3.09. The van der Waals surface area contributed by atoms with Crippen LogP contribution < -0.4 is 4.74 Å². The fraction of sp³-hybridized carbons (Fsp3) is 0.444. The van der Waals surface area contributed by atoms with E-state index in [1.165, 1.54) is 0 Å². The molecule has 1 aromatic heterocycles. The lowest BCUT2D eigenvalue weighted by atomic mass is 10.3. The van der Waals surface area contributed by atoms with Gasteiger partial charge in [-0.25, -0.2) is 4.98 Å². The van der Waals surface area contributed by atoms with Crippen LogP contribution in [0.1, 0.15) is 19.4 Å². The summed E-state index contributed by atoms with van der Waals surface area (Å²) in [4.78, 5) is 3.94. The molecule has 0 spiro atoms. The van der Waals surface area contributed by atoms with Crippen LogP contribution in [0.5, 0.6) is 5.88 Å². The maximum Gasteiger partial charge on any atom is 0.216 e. The first-order valence-electron chi connectivity index (χ1n) is 3.90. The maximum absolute atomic E-state index is 5.66. The van der Waals surface area contributed by atoms with E-state index >= 15 is 0 Å². The van der Waals surface area contributed by atoms with Crippen LogP contribution >= 0.6 is 11.6 Å². The standard InChI is InChI=1S/C7H8ClNO.C2H6/c1-5-3-6(8)4-9-7(5)10-2;1-2/h3-4H,1-2H3;1-2H3. The lowest BCUT2D eigenvalue weighted by Gasteiger charge is -2.01. The topological polar surface area (TPSA) is 22.1 Å². The summed E-state index contributed by atoms with van der Waals surface area (Å²) in [6.45, 7) is 5.90. The highest BCUT2D eigenvalue weighted by Gasteiger charge is 1.97. The Labute approximate surface area is 78.5 Å². The Balaban J connectivity index is 0.000000561. The molecule has 0 aliphatic carbocycles. The molecule has 0 amide bonds. The Hall–Kier alpha value is -0.760. The second-order valence-electron chi connectivity index (χ2n) is 1.98. The van der Waals surface area contributed by atoms with Gasteiger partial charge in [-0.05, 0) is 13.0 Å². The van der Waals surface area contributed by atoms with Gasteiger partial charge in [0.05, 0.1) is 12.1 Å². The molecule has 0 radical (unpaired) electrons. The molecule has 0 saturated carbocycles. The first-order valence-corrected chi connectivity index (χ1v) is 4.28. The van der Waals surface area contributed by atoms with E-state index in [1.807, 2.05) is 26.8 Å². The van der Waals surface area contributed by atoms with E-state index < -0.39 is 0 Å². The number of ether oxygens (including phenoxy) is 1. The van der Waals surface area contributed by atoms with Gasteiger partial charge in [-0.2, -0.15) is 0 Å². The zero-order valence-electron chi connectivity index (χ0n) is 7.89. The van der Waals surface area contributed by atoms with Gasteiger partial charge in [-0.15, -0.1) is 0 Å². The third-order valence-electron chi connectivity index (χ3n) is 1.19. The zero-order valence-corrected chi connectivity index (χ0v) is 8.64. The predicted octanol–water partition coefficient (Wildman–Crippen LogP) is 3.08. The number of aryl methyl sites for hydroxylation is 1. The fourth-order valence-corrected chi connectivity index (χ4v) is 0.954. The van der Waals surface area contributed by atoms with E-state index in [0.29, 0.717) is 10.9 Å². The molecule has 3 heteroatoms. The molecule has 0 aliphatic heterocycles. The summed E-state index contributed by atoms with van der Waals surface area (Å²) in [5, 5.41) is 0.637. The molecule has 1 heterocycles. The third-order valence-corrected chi connectivity index (χ3v) is 1.40. The lowest BCUT2D eigenvalue weighted by Crippen LogP contribution is -1.89. The van der Waals surface area contributed by atoms with Crippen LogP contribution in [0.25, 0.3) is 0 Å². The van der Waals surface area contributed by atoms with Crippen LogP contribution in [-0.2, 0) is 0 Å². The molecule has 1 rings (SSSR count). The first-order chi connectivity index (χ1) is 5.74. The number of hydrogen-bond acceptors (Lipinski definition) is 2. The van der Waals surface area contributed by atoms with Gasteiger partial charge in [0.15, 0.2) is 0 Å². The van der Waals surface area contributed by atoms with Crippen LogP contribution in [0.2, 0.25) is 5.02 Å². The van der Waals surface area contributed by atoms with Crippen molar-refractivity contribution in [1.29, 1.82) is 0 Å². The van der Waals surface area contributed by atoms with Gasteiger partial charge in [0, 0.05) is 11.8 Å². The van der Waals surface area contributed by atoms with E-state index in [-0.39, 0.29) is 0 Å². The Morgan fingerprint density at radius 3 is 2.42 bits per heavy atom. The minimum atomic E-state index is 0.629. The number of nitrogens with zero attached hydrogens (tertiary/aromatic N) is 1. The van der Waals surface area contributed by atoms with Gasteiger partial charge in [0.1, 0.15) is 0 Å². The number of aromatic nitrogens is 1. The molecule has 0 atom stereocenters. The average molecular weight is 188 g/mol. The van der Waals surface area contributed by atoms with Gasteiger partial charge >= 0.3 is 0 Å². The normalized spacial score (nSPS) is 8.42. The van der Waals surface area contributed by atoms with Gasteiger partial charge in [-0.1, -0.05) is 25.4 Å². The van der Waals surface area contributed by atoms with Gasteiger partial charge in [0.2, 0.25) is 5.88 Å². The fourth-order valence-electron chi connectivity index (χ4n) is 0.742. The molecular weight excluding hydrogens is 174 g/mol. The molecule has 0 aliphatic rings. The maximum atomic E-state index is 5.66. The van der Waals surface area contributed by atoms with Crippen molar-refractivity contribution in [2.24, 2.45) is 0 Å². The van der Waals surface area contributed by atoms with Crippen LogP contribution in [0.15, 0.2) is 12.3 Å². The first kappa shape index (κ1) is 11.2. The average Bonchev–Trinajstić information content (AvgIpc) is 2.08. The molecule has 0 saturated heterocycles. The molecular formula is C9H14ClNO. The summed E-state index contributed by atoms with van der Waals surface area (Å²) in [6, 6.07) is 1.81. The number of methoxy groups -OCH3 is 1. The molecule has 1 aromatic rings. The number of hydrogen-bond donors (Lipinski definition) is 0. The Morgan fingerprint density at radius 1 is 1.42 bits per heavy atom. The van der Waals surface area contributed by atoms with E-state index in [1.54, 1.807) is 13.3 Å². The summed E-state index contributed by atoms with van der Waals surface area (Å²) in [7, 11) is 1.59. The smallest absolute Gasteiger partial charge is 0.216 e. The zero-order chi connectivity index (χ0) is 9.56. The summed E-state index contributed by atoms with van der Waals surface area (Å²) < 4.78 is 4.93. The Morgan fingerprint density at radius 2 is 2.00 bits per heavy atom. The molecule has 0 N–H and O–H groups in total. The lowest BCUT2D eigenvalue weighted by molar-refractivity contribution is 0.394. The molecule has 12 heavy (non-hydrogen) atoms. The SMILES string of the molecule is CC.COc1ncc(Cl)cc1C. The van der Waals surface area contributed by atoms with Crippen molar-refractivity contribution in [3.8, 4) is 5.88 Å². The van der Waals surface area contributed by atoms with Crippen molar-refractivity contribution in [3.63, 3.8) is 0 Å². The van der Waals surface area contributed by atoms with Crippen LogP contribution in [0.3, 0.4) is 0 Å². The van der Waals surface area contributed by atoms with E-state index in [9.17, 15) is 0 Å². The van der Waals surface area contributed by atoms with Crippen molar-refractivity contribution < 1.29 is 4.74 Å². The van der Waals surface area contributed by atoms with Gasteiger partial charge in [0.25, 0.3) is 0 Å². The second-order valence-corrected chi connectivity index (χ2v) is 2.42. The number of rotatable bonds is 1. The molecule has 0 fully saturated rings. The van der Waals surface area contributed by atoms with E-state index in [2.05, 4.69) is 4.98 Å². The van der Waals surface area contributed by atoms with Gasteiger partial charge in [-0.3, -0.25) is 0 Å². The molecule has 0 unspecified atom stereocenters. The summed E-state index contributed by atoms with van der Waals surface area (Å²) >= 11 is 5.66. The van der Waals surface area contributed by atoms with E-state index in [0.717, 1.165) is 5.56 Å². The van der Waals surface area contributed by atoms with Crippen molar-refractivity contribution in [2.45, 2.75) is 20.8 Å². The summed E-state index contributed by atoms with van der Waals surface area (Å²) in [6.07, 6.45) is 1.56. The van der Waals surface area contributed by atoms with Crippen molar-refractivity contribution in [2.75, 3.05) is 7.11 Å². The van der Waals surface area contributed by atoms with Crippen molar-refractivity contribution >= 4 is 11.6 Å². The number of halogens is 1. The summed E-state index contributed by atoms with van der Waals surface area (Å²) in [5.74, 6) is 0.629. The predicted molar refractivity (Wildman–Crippen MR) is 51.9 cm³/mol. The molecule has 2 nitrogen and oxygen atoms in total. The largest absolute Gasteiger partial charge is 0.481 e. The van der Waals surface area contributed by atoms with Crippen LogP contribution in [-0.4, -0.2) is 12.1 Å². The Bertz CT molecular complexity index is 238. The van der Waals surface area contributed by atoms with Crippen molar-refractivity contribution in [1.82, 2.24) is 4.98 Å². The second kappa shape index (κ2) is 5.84. The number of pyridine rings is 1. The highest BCUT2D eigenvalue weighted by Crippen LogP contribution is 2.17. The molecule has 0 bridgehead atoms. The monoisotopic (exact) mass is 187 g/mol. The molecule has 0 aromatic carbocycles. The van der Waals surface area contributed by atoms with Crippen molar-refractivity contribution in [3.05, 3.63) is 22.8 Å². The highest BCUT2D eigenvalue weighted by atomic mass is 35.5. The Kier molecular flexibility index (Phi) is 5.47. The van der Waals surface area contributed by atoms with Crippen LogP contribution in [0, 0.1) is 6.92 Å². The quantitative estimate of drug-likeness (QED) is 0.674. The summed E-state index contributed by atoms with van der Waals surface area (Å²) in [5.41, 5.74) is 0.954. The molecule has 68 valence electrons. The van der Waals surface area contributed by atoms with E-state index in [4.69, 9.17) is 16.3 Å². The minimum absolute atomic E-state index is 0.629.